The molecule has 0 aliphatic carbocycles. The minimum Gasteiger partial charge on any atom is -0.384 e. The first-order valence-corrected chi connectivity index (χ1v) is 10.2. The zero-order chi connectivity index (χ0) is 20.1. The van der Waals surface area contributed by atoms with Crippen molar-refractivity contribution in [2.75, 3.05) is 33.9 Å². The van der Waals surface area contributed by atoms with Gasteiger partial charge in [0.2, 0.25) is 0 Å². The number of rotatable bonds is 6. The first kappa shape index (κ1) is 22.6. The van der Waals surface area contributed by atoms with Crippen molar-refractivity contribution in [1.82, 2.24) is 19.8 Å². The number of imidazole rings is 1. The lowest BCUT2D eigenvalue weighted by molar-refractivity contribution is 0.157. The van der Waals surface area contributed by atoms with E-state index in [0.29, 0.717) is 5.92 Å². The molecule has 2 aromatic carbocycles. The Hall–Kier alpha value is -2.13. The van der Waals surface area contributed by atoms with Crippen LogP contribution in [0.15, 0.2) is 59.9 Å². The van der Waals surface area contributed by atoms with Gasteiger partial charge in [-0.15, -0.1) is 24.0 Å². The fourth-order valence-electron chi connectivity index (χ4n) is 4.01. The van der Waals surface area contributed by atoms with E-state index in [1.807, 2.05) is 25.5 Å². The molecule has 1 aromatic heterocycles. The summed E-state index contributed by atoms with van der Waals surface area (Å²) < 4.78 is 7.49. The Kier molecular flexibility index (Phi) is 8.09. The van der Waals surface area contributed by atoms with Gasteiger partial charge in [0.05, 0.1) is 24.0 Å². The Morgan fingerprint density at radius 1 is 1.17 bits per heavy atom. The molecule has 1 unspecified atom stereocenters. The van der Waals surface area contributed by atoms with Gasteiger partial charge < -0.3 is 19.5 Å². The summed E-state index contributed by atoms with van der Waals surface area (Å²) in [7, 11) is 3.62. The molecule has 0 spiro atoms. The SMILES string of the molecule is CN=C(NCc1ccc(Cn2cnc3ccccc32)cc1)N1CCC(COC)C1.I. The van der Waals surface area contributed by atoms with Crippen LogP contribution in [-0.4, -0.2) is 54.3 Å². The van der Waals surface area contributed by atoms with Gasteiger partial charge in [-0.3, -0.25) is 4.99 Å². The molecule has 6 nitrogen and oxygen atoms in total. The molecule has 2 heterocycles. The predicted octanol–water partition coefficient (Wildman–Crippen LogP) is 3.75. The lowest BCUT2D eigenvalue weighted by Crippen LogP contribution is -2.39. The number of aromatic nitrogens is 2. The number of benzene rings is 2. The standard InChI is InChI=1S/C23H29N5O.HI/c1-24-23(27-12-11-20(15-27)16-29-2)25-13-18-7-9-19(10-8-18)14-28-17-26-21-5-3-4-6-22(21)28;/h3-10,17,20H,11-16H2,1-2H3,(H,24,25);1H. The van der Waals surface area contributed by atoms with E-state index < -0.39 is 0 Å². The summed E-state index contributed by atoms with van der Waals surface area (Å²) in [4.78, 5) is 11.3. The van der Waals surface area contributed by atoms with Gasteiger partial charge in [-0.05, 0) is 29.7 Å². The third-order valence-corrected chi connectivity index (χ3v) is 5.55. The molecule has 0 saturated carbocycles. The molecule has 0 amide bonds. The molecule has 0 bridgehead atoms. The van der Waals surface area contributed by atoms with Gasteiger partial charge >= 0.3 is 0 Å². The number of hydrogen-bond acceptors (Lipinski definition) is 3. The van der Waals surface area contributed by atoms with Crippen molar-refractivity contribution >= 4 is 41.0 Å². The molecule has 1 aliphatic rings. The number of fused-ring (bicyclic) bond motifs is 1. The van der Waals surface area contributed by atoms with Gasteiger partial charge in [-0.2, -0.15) is 0 Å². The third kappa shape index (κ3) is 5.31. The summed E-state index contributed by atoms with van der Waals surface area (Å²) in [6.45, 7) is 4.45. The molecule has 1 N–H and O–H groups in total. The molecule has 7 heteroatoms. The van der Waals surface area contributed by atoms with Crippen LogP contribution in [0.25, 0.3) is 11.0 Å². The van der Waals surface area contributed by atoms with Crippen LogP contribution in [0, 0.1) is 5.92 Å². The topological polar surface area (TPSA) is 54.7 Å². The summed E-state index contributed by atoms with van der Waals surface area (Å²) in [6.07, 6.45) is 3.07. The summed E-state index contributed by atoms with van der Waals surface area (Å²) in [6, 6.07) is 17.0. The quantitative estimate of drug-likeness (QED) is 0.306. The monoisotopic (exact) mass is 519 g/mol. The number of nitrogens with one attached hydrogen (secondary N) is 1. The summed E-state index contributed by atoms with van der Waals surface area (Å²) in [5.41, 5.74) is 4.72. The zero-order valence-corrected chi connectivity index (χ0v) is 20.0. The van der Waals surface area contributed by atoms with Crippen molar-refractivity contribution in [3.63, 3.8) is 0 Å². The highest BCUT2D eigenvalue weighted by atomic mass is 127. The van der Waals surface area contributed by atoms with Crippen molar-refractivity contribution in [3.05, 3.63) is 66.0 Å². The molecule has 4 rings (SSSR count). The van der Waals surface area contributed by atoms with Crippen molar-refractivity contribution < 1.29 is 4.74 Å². The number of aliphatic imine (C=N–C) groups is 1. The maximum atomic E-state index is 5.30. The Labute approximate surface area is 195 Å². The van der Waals surface area contributed by atoms with Gasteiger partial charge in [-0.25, -0.2) is 4.98 Å². The smallest absolute Gasteiger partial charge is 0.193 e. The molecule has 0 radical (unpaired) electrons. The zero-order valence-electron chi connectivity index (χ0n) is 17.6. The number of guanidine groups is 1. The molecule has 1 saturated heterocycles. The Bertz CT molecular complexity index is 969. The molecular formula is C23H30IN5O. The van der Waals surface area contributed by atoms with E-state index in [0.717, 1.165) is 50.7 Å². The van der Waals surface area contributed by atoms with Crippen molar-refractivity contribution in [2.24, 2.45) is 10.9 Å². The van der Waals surface area contributed by atoms with E-state index in [-0.39, 0.29) is 24.0 Å². The normalized spacial score (nSPS) is 16.7. The predicted molar refractivity (Wildman–Crippen MR) is 132 cm³/mol. The first-order valence-electron chi connectivity index (χ1n) is 10.2. The fraction of sp³-hybridized carbons (Fsp3) is 0.391. The lowest BCUT2D eigenvalue weighted by Gasteiger charge is -2.21. The van der Waals surface area contributed by atoms with E-state index in [2.05, 4.69) is 61.2 Å². The number of halogens is 1. The van der Waals surface area contributed by atoms with Gasteiger partial charge in [0, 0.05) is 46.3 Å². The van der Waals surface area contributed by atoms with E-state index in [9.17, 15) is 0 Å². The van der Waals surface area contributed by atoms with Crippen LogP contribution in [0.5, 0.6) is 0 Å². The summed E-state index contributed by atoms with van der Waals surface area (Å²) in [5.74, 6) is 1.56. The molecule has 30 heavy (non-hydrogen) atoms. The second-order valence-corrected chi connectivity index (χ2v) is 7.63. The number of hydrogen-bond donors (Lipinski definition) is 1. The number of nitrogens with zero attached hydrogens (tertiary/aromatic N) is 4. The minimum absolute atomic E-state index is 0. The number of methoxy groups -OCH3 is 1. The van der Waals surface area contributed by atoms with Crippen LogP contribution < -0.4 is 5.32 Å². The minimum atomic E-state index is 0. The molecule has 3 aromatic rings. The first-order chi connectivity index (χ1) is 14.3. The average molecular weight is 519 g/mol. The van der Waals surface area contributed by atoms with E-state index in [1.165, 1.54) is 16.6 Å². The highest BCUT2D eigenvalue weighted by Crippen LogP contribution is 2.17. The van der Waals surface area contributed by atoms with Crippen molar-refractivity contribution in [3.8, 4) is 0 Å². The average Bonchev–Trinajstić information content (AvgIpc) is 3.38. The van der Waals surface area contributed by atoms with Crippen molar-refractivity contribution in [2.45, 2.75) is 19.5 Å². The summed E-state index contributed by atoms with van der Waals surface area (Å²) >= 11 is 0. The molecule has 1 aliphatic heterocycles. The molecule has 160 valence electrons. The highest BCUT2D eigenvalue weighted by Gasteiger charge is 2.24. The van der Waals surface area contributed by atoms with Crippen LogP contribution in [0.2, 0.25) is 0 Å². The Morgan fingerprint density at radius 3 is 2.70 bits per heavy atom. The maximum Gasteiger partial charge on any atom is 0.193 e. The molecule has 1 atom stereocenters. The second-order valence-electron chi connectivity index (χ2n) is 7.63. The van der Waals surface area contributed by atoms with Crippen LogP contribution in [0.4, 0.5) is 0 Å². The largest absolute Gasteiger partial charge is 0.384 e. The fourth-order valence-corrected chi connectivity index (χ4v) is 4.01. The summed E-state index contributed by atoms with van der Waals surface area (Å²) in [5, 5.41) is 3.50. The van der Waals surface area contributed by atoms with Crippen LogP contribution in [-0.2, 0) is 17.8 Å². The Balaban J connectivity index is 0.00000256. The number of para-hydroxylation sites is 2. The van der Waals surface area contributed by atoms with E-state index in [4.69, 9.17) is 4.74 Å². The number of likely N-dealkylation sites (tertiary alicyclic amines) is 1. The molecule has 1 fully saturated rings. The Morgan fingerprint density at radius 2 is 1.93 bits per heavy atom. The molecular weight excluding hydrogens is 489 g/mol. The third-order valence-electron chi connectivity index (χ3n) is 5.55. The lowest BCUT2D eigenvalue weighted by atomic mass is 10.1. The second kappa shape index (κ2) is 10.8. The van der Waals surface area contributed by atoms with Crippen LogP contribution in [0.1, 0.15) is 17.5 Å². The van der Waals surface area contributed by atoms with Crippen LogP contribution >= 0.6 is 24.0 Å². The van der Waals surface area contributed by atoms with Gasteiger partial charge in [0.15, 0.2) is 5.96 Å². The van der Waals surface area contributed by atoms with Crippen molar-refractivity contribution in [1.29, 1.82) is 0 Å². The maximum absolute atomic E-state index is 5.30. The van der Waals surface area contributed by atoms with Gasteiger partial charge in [0.25, 0.3) is 0 Å². The number of ether oxygens (including phenoxy) is 1. The van der Waals surface area contributed by atoms with Gasteiger partial charge in [-0.1, -0.05) is 36.4 Å². The highest BCUT2D eigenvalue weighted by molar-refractivity contribution is 14.0. The van der Waals surface area contributed by atoms with E-state index in [1.54, 1.807) is 7.11 Å². The van der Waals surface area contributed by atoms with E-state index >= 15 is 0 Å². The van der Waals surface area contributed by atoms with Crippen LogP contribution in [0.3, 0.4) is 0 Å². The van der Waals surface area contributed by atoms with Gasteiger partial charge in [0.1, 0.15) is 0 Å².